The highest BCUT2D eigenvalue weighted by Crippen LogP contribution is 2.23. The molecule has 0 radical (unpaired) electrons. The van der Waals surface area contributed by atoms with E-state index in [1.807, 2.05) is 13.8 Å². The second-order valence-electron chi connectivity index (χ2n) is 2.59. The van der Waals surface area contributed by atoms with Crippen LogP contribution in [-0.2, 0) is 4.79 Å². The van der Waals surface area contributed by atoms with E-state index >= 15 is 0 Å². The van der Waals surface area contributed by atoms with Gasteiger partial charge in [-0.15, -0.1) is 0 Å². The molecule has 0 bridgehead atoms. The van der Waals surface area contributed by atoms with Crippen molar-refractivity contribution >= 4 is 5.91 Å². The van der Waals surface area contributed by atoms with E-state index in [1.54, 1.807) is 0 Å². The average molecular weight is 125 g/mol. The third-order valence-corrected chi connectivity index (χ3v) is 2.00. The maximum absolute atomic E-state index is 10.8. The predicted octanol–water partition coefficient (Wildman–Crippen LogP) is 0.902. The van der Waals surface area contributed by atoms with E-state index in [0.717, 1.165) is 5.70 Å². The summed E-state index contributed by atoms with van der Waals surface area (Å²) in [6.45, 7) is 7.62. The molecule has 1 amide bonds. The highest BCUT2D eigenvalue weighted by atomic mass is 16.2. The molecule has 1 saturated heterocycles. The maximum atomic E-state index is 10.8. The molecule has 1 fully saturated rings. The molecule has 2 heteroatoms. The number of nitrogens with one attached hydrogen (secondary N) is 1. The van der Waals surface area contributed by atoms with E-state index in [1.165, 1.54) is 0 Å². The van der Waals surface area contributed by atoms with Gasteiger partial charge in [0.2, 0.25) is 5.91 Å². The fraction of sp³-hybridized carbons (Fsp3) is 0.571. The molecule has 1 heterocycles. The molecule has 0 aromatic rings. The van der Waals surface area contributed by atoms with Crippen molar-refractivity contribution in [3.8, 4) is 0 Å². The molecule has 1 N–H and O–H groups in total. The Kier molecular flexibility index (Phi) is 1.31. The molecule has 2 nitrogen and oxygen atoms in total. The first-order valence-electron chi connectivity index (χ1n) is 3.12. The molecule has 0 aliphatic carbocycles. The standard InChI is InChI=1S/C7H11NO/c1-4-5(2)7(9)8-6(4)3/h4-5H,3H2,1-2H3,(H,8,9)/t4-,5+/m0/s1. The smallest absolute Gasteiger partial charge is 0.227 e. The number of hydrogen-bond donors (Lipinski definition) is 1. The van der Waals surface area contributed by atoms with Gasteiger partial charge in [-0.25, -0.2) is 0 Å². The van der Waals surface area contributed by atoms with Crippen molar-refractivity contribution in [1.29, 1.82) is 0 Å². The summed E-state index contributed by atoms with van der Waals surface area (Å²) in [7, 11) is 0. The first kappa shape index (κ1) is 6.33. The molecule has 0 spiro atoms. The second kappa shape index (κ2) is 1.87. The third-order valence-electron chi connectivity index (χ3n) is 2.00. The summed E-state index contributed by atoms with van der Waals surface area (Å²) in [6.07, 6.45) is 0. The van der Waals surface area contributed by atoms with E-state index < -0.39 is 0 Å². The Hall–Kier alpha value is -0.790. The van der Waals surface area contributed by atoms with E-state index in [0.29, 0.717) is 5.92 Å². The van der Waals surface area contributed by atoms with Crippen LogP contribution < -0.4 is 5.32 Å². The maximum Gasteiger partial charge on any atom is 0.227 e. The van der Waals surface area contributed by atoms with Crippen LogP contribution in [0.25, 0.3) is 0 Å². The van der Waals surface area contributed by atoms with Crippen molar-refractivity contribution in [2.45, 2.75) is 13.8 Å². The molecular formula is C7H11NO. The molecule has 2 atom stereocenters. The number of hydrogen-bond acceptors (Lipinski definition) is 1. The largest absolute Gasteiger partial charge is 0.330 e. The molecular weight excluding hydrogens is 114 g/mol. The molecule has 0 saturated carbocycles. The van der Waals surface area contributed by atoms with Crippen LogP contribution in [0.3, 0.4) is 0 Å². The van der Waals surface area contributed by atoms with Crippen molar-refractivity contribution in [3.05, 3.63) is 12.3 Å². The van der Waals surface area contributed by atoms with Gasteiger partial charge in [-0.1, -0.05) is 20.4 Å². The number of carbonyl (C=O) groups is 1. The van der Waals surface area contributed by atoms with Crippen molar-refractivity contribution < 1.29 is 4.79 Å². The van der Waals surface area contributed by atoms with Gasteiger partial charge in [-0.2, -0.15) is 0 Å². The lowest BCUT2D eigenvalue weighted by molar-refractivity contribution is -0.122. The Morgan fingerprint density at radius 1 is 1.44 bits per heavy atom. The first-order chi connectivity index (χ1) is 4.13. The zero-order chi connectivity index (χ0) is 7.02. The van der Waals surface area contributed by atoms with Crippen LogP contribution in [-0.4, -0.2) is 5.91 Å². The third kappa shape index (κ3) is 0.846. The van der Waals surface area contributed by atoms with Crippen LogP contribution in [0.2, 0.25) is 0 Å². The normalized spacial score (nSPS) is 34.9. The van der Waals surface area contributed by atoms with Gasteiger partial charge in [0.25, 0.3) is 0 Å². The fourth-order valence-corrected chi connectivity index (χ4v) is 0.915. The number of amides is 1. The predicted molar refractivity (Wildman–Crippen MR) is 35.6 cm³/mol. The van der Waals surface area contributed by atoms with E-state index in [9.17, 15) is 4.79 Å². The molecule has 9 heavy (non-hydrogen) atoms. The van der Waals surface area contributed by atoms with Crippen LogP contribution in [0.4, 0.5) is 0 Å². The fourth-order valence-electron chi connectivity index (χ4n) is 0.915. The Morgan fingerprint density at radius 3 is 2.11 bits per heavy atom. The van der Waals surface area contributed by atoms with E-state index in [2.05, 4.69) is 11.9 Å². The summed E-state index contributed by atoms with van der Waals surface area (Å²) < 4.78 is 0. The summed E-state index contributed by atoms with van der Waals surface area (Å²) >= 11 is 0. The Morgan fingerprint density at radius 2 is 2.00 bits per heavy atom. The van der Waals surface area contributed by atoms with Crippen LogP contribution in [0.15, 0.2) is 12.3 Å². The SMILES string of the molecule is C=C1NC(=O)[C@H](C)[C@@H]1C. The lowest BCUT2D eigenvalue weighted by Gasteiger charge is -2.02. The van der Waals surface area contributed by atoms with Gasteiger partial charge in [0.05, 0.1) is 0 Å². The topological polar surface area (TPSA) is 29.1 Å². The van der Waals surface area contributed by atoms with Gasteiger partial charge in [0.15, 0.2) is 0 Å². The average Bonchev–Trinajstić information content (AvgIpc) is 1.98. The van der Waals surface area contributed by atoms with Gasteiger partial charge >= 0.3 is 0 Å². The Labute approximate surface area is 54.9 Å². The van der Waals surface area contributed by atoms with Crippen molar-refractivity contribution in [2.75, 3.05) is 0 Å². The number of allylic oxidation sites excluding steroid dienone is 1. The molecule has 1 aliphatic rings. The summed E-state index contributed by atoms with van der Waals surface area (Å²) in [4.78, 5) is 10.8. The molecule has 1 rings (SSSR count). The molecule has 1 aliphatic heterocycles. The van der Waals surface area contributed by atoms with Gasteiger partial charge in [-0.3, -0.25) is 4.79 Å². The summed E-state index contributed by atoms with van der Waals surface area (Å²) in [6, 6.07) is 0. The molecule has 50 valence electrons. The van der Waals surface area contributed by atoms with Crippen LogP contribution in [0.5, 0.6) is 0 Å². The molecule has 0 aromatic carbocycles. The number of carbonyl (C=O) groups excluding carboxylic acids is 1. The summed E-state index contributed by atoms with van der Waals surface area (Å²) in [5, 5.41) is 2.68. The minimum Gasteiger partial charge on any atom is -0.330 e. The summed E-state index contributed by atoms with van der Waals surface area (Å²) in [5.74, 6) is 0.516. The lowest BCUT2D eigenvalue weighted by Crippen LogP contribution is -2.16. The van der Waals surface area contributed by atoms with Crippen LogP contribution >= 0.6 is 0 Å². The zero-order valence-electron chi connectivity index (χ0n) is 5.77. The molecule has 0 unspecified atom stereocenters. The number of rotatable bonds is 0. The van der Waals surface area contributed by atoms with Crippen molar-refractivity contribution in [1.82, 2.24) is 5.32 Å². The monoisotopic (exact) mass is 125 g/mol. The van der Waals surface area contributed by atoms with Gasteiger partial charge in [0, 0.05) is 17.5 Å². The second-order valence-corrected chi connectivity index (χ2v) is 2.59. The minimum atomic E-state index is 0.104. The lowest BCUT2D eigenvalue weighted by atomic mass is 9.98. The quantitative estimate of drug-likeness (QED) is 0.512. The highest BCUT2D eigenvalue weighted by Gasteiger charge is 2.29. The van der Waals surface area contributed by atoms with Crippen LogP contribution in [0, 0.1) is 11.8 Å². The Bertz CT molecular complexity index is 144. The van der Waals surface area contributed by atoms with Gasteiger partial charge < -0.3 is 5.32 Å². The highest BCUT2D eigenvalue weighted by molar-refractivity contribution is 5.83. The first-order valence-corrected chi connectivity index (χ1v) is 3.12. The van der Waals surface area contributed by atoms with Gasteiger partial charge in [0.1, 0.15) is 0 Å². The van der Waals surface area contributed by atoms with E-state index in [4.69, 9.17) is 0 Å². The van der Waals surface area contributed by atoms with Crippen molar-refractivity contribution in [3.63, 3.8) is 0 Å². The van der Waals surface area contributed by atoms with E-state index in [-0.39, 0.29) is 11.8 Å². The minimum absolute atomic E-state index is 0.104. The van der Waals surface area contributed by atoms with Crippen molar-refractivity contribution in [2.24, 2.45) is 11.8 Å². The van der Waals surface area contributed by atoms with Gasteiger partial charge in [-0.05, 0) is 0 Å². The summed E-state index contributed by atoms with van der Waals surface area (Å²) in [5.41, 5.74) is 0.854. The zero-order valence-corrected chi connectivity index (χ0v) is 5.77. The Balaban J connectivity index is 2.77. The van der Waals surface area contributed by atoms with Crippen LogP contribution in [0.1, 0.15) is 13.8 Å². The molecule has 0 aromatic heterocycles.